The second-order valence-corrected chi connectivity index (χ2v) is 7.62. The molecular weight excluding hydrogens is 324 g/mol. The number of methoxy groups -OCH3 is 1. The number of thiophene rings is 1. The molecule has 1 aromatic heterocycles. The summed E-state index contributed by atoms with van der Waals surface area (Å²) in [6, 6.07) is 6.79. The second-order valence-electron chi connectivity index (χ2n) is 4.78. The largest absolute Gasteiger partial charge is 0.495 e. The highest BCUT2D eigenvalue weighted by atomic mass is 32.2. The Morgan fingerprint density at radius 3 is 2.50 bits per heavy atom. The van der Waals surface area contributed by atoms with Crippen molar-refractivity contribution in [3.05, 3.63) is 40.3 Å². The highest BCUT2D eigenvalue weighted by molar-refractivity contribution is 7.91. The number of hydrogen-bond acceptors (Lipinski definition) is 5. The van der Waals surface area contributed by atoms with Gasteiger partial charge in [0.25, 0.3) is 5.91 Å². The molecule has 0 radical (unpaired) electrons. The van der Waals surface area contributed by atoms with Crippen LogP contribution in [0.3, 0.4) is 0 Å². The molecule has 2 aromatic rings. The van der Waals surface area contributed by atoms with Crippen molar-refractivity contribution in [2.45, 2.75) is 18.1 Å². The lowest BCUT2D eigenvalue weighted by molar-refractivity contribution is 0.102. The van der Waals surface area contributed by atoms with Crippen LogP contribution in [0, 0.1) is 13.8 Å². The van der Waals surface area contributed by atoms with E-state index >= 15 is 0 Å². The van der Waals surface area contributed by atoms with E-state index in [9.17, 15) is 13.2 Å². The Hall–Kier alpha value is -1.90. The van der Waals surface area contributed by atoms with Crippen molar-refractivity contribution in [1.82, 2.24) is 0 Å². The first-order chi connectivity index (χ1) is 10.2. The highest BCUT2D eigenvalue weighted by Gasteiger charge is 2.20. The minimum absolute atomic E-state index is 0.0358. The van der Waals surface area contributed by atoms with Crippen molar-refractivity contribution in [1.29, 1.82) is 0 Å². The zero-order valence-electron chi connectivity index (χ0n) is 12.3. The third-order valence-electron chi connectivity index (χ3n) is 2.98. The van der Waals surface area contributed by atoms with Gasteiger partial charge in [-0.25, -0.2) is 13.6 Å². The number of nitrogens with one attached hydrogen (secondary N) is 1. The van der Waals surface area contributed by atoms with Gasteiger partial charge in [0.15, 0.2) is 0 Å². The quantitative estimate of drug-likeness (QED) is 0.892. The molecule has 0 fully saturated rings. The molecule has 2 rings (SSSR count). The number of ether oxygens (including phenoxy) is 1. The van der Waals surface area contributed by atoms with E-state index in [-0.39, 0.29) is 4.21 Å². The maximum Gasteiger partial charge on any atom is 0.266 e. The van der Waals surface area contributed by atoms with Gasteiger partial charge in [0.2, 0.25) is 10.0 Å². The number of carbonyl (C=O) groups excluding carboxylic acids is 1. The fourth-order valence-corrected chi connectivity index (χ4v) is 3.77. The van der Waals surface area contributed by atoms with E-state index in [1.807, 2.05) is 13.0 Å². The van der Waals surface area contributed by atoms with Gasteiger partial charge in [-0.3, -0.25) is 4.79 Å². The van der Waals surface area contributed by atoms with Crippen LogP contribution >= 0.6 is 11.3 Å². The minimum Gasteiger partial charge on any atom is -0.495 e. The number of anilines is 1. The first kappa shape index (κ1) is 16.5. The average molecular weight is 340 g/mol. The molecule has 0 aliphatic carbocycles. The molecular formula is C14H16N2O4S2. The zero-order chi connectivity index (χ0) is 16.5. The number of sulfonamides is 1. The van der Waals surface area contributed by atoms with Crippen LogP contribution in [-0.4, -0.2) is 21.4 Å². The van der Waals surface area contributed by atoms with Crippen LogP contribution in [0.5, 0.6) is 5.75 Å². The number of benzene rings is 1. The van der Waals surface area contributed by atoms with Crippen LogP contribution in [-0.2, 0) is 10.0 Å². The van der Waals surface area contributed by atoms with E-state index in [1.54, 1.807) is 19.1 Å². The molecule has 1 aromatic carbocycles. The summed E-state index contributed by atoms with van der Waals surface area (Å²) in [6.45, 7) is 3.55. The molecule has 22 heavy (non-hydrogen) atoms. The lowest BCUT2D eigenvalue weighted by atomic mass is 10.2. The van der Waals surface area contributed by atoms with Crippen molar-refractivity contribution in [3.63, 3.8) is 0 Å². The van der Waals surface area contributed by atoms with Crippen molar-refractivity contribution in [2.75, 3.05) is 12.4 Å². The van der Waals surface area contributed by atoms with E-state index in [1.165, 1.54) is 13.2 Å². The van der Waals surface area contributed by atoms with Gasteiger partial charge < -0.3 is 10.1 Å². The Morgan fingerprint density at radius 1 is 1.27 bits per heavy atom. The summed E-state index contributed by atoms with van der Waals surface area (Å²) in [4.78, 5) is 12.7. The Labute approximate surface area is 133 Å². The molecule has 0 atom stereocenters. The number of nitrogens with two attached hydrogens (primary N) is 1. The average Bonchev–Trinajstić information content (AvgIpc) is 2.81. The summed E-state index contributed by atoms with van der Waals surface area (Å²) in [7, 11) is -2.31. The van der Waals surface area contributed by atoms with Gasteiger partial charge in [-0.15, -0.1) is 11.3 Å². The standard InChI is InChI=1S/C14H16N2O4S2/c1-8-4-5-11(20-3)10(6-8)16-14(17)13-9(2)7-12(21-13)22(15,18)19/h4-7H,1-3H3,(H,16,17)(H2,15,18,19). The molecule has 0 saturated heterocycles. The first-order valence-electron chi connectivity index (χ1n) is 6.31. The van der Waals surface area contributed by atoms with Crippen molar-refractivity contribution < 1.29 is 17.9 Å². The van der Waals surface area contributed by atoms with Crippen LogP contribution in [0.1, 0.15) is 20.8 Å². The summed E-state index contributed by atoms with van der Waals surface area (Å²) in [5, 5.41) is 7.82. The topological polar surface area (TPSA) is 98.5 Å². The Kier molecular flexibility index (Phi) is 4.55. The predicted molar refractivity (Wildman–Crippen MR) is 86.1 cm³/mol. The second kappa shape index (κ2) is 6.07. The third kappa shape index (κ3) is 3.46. The molecule has 1 heterocycles. The van der Waals surface area contributed by atoms with Gasteiger partial charge in [-0.2, -0.15) is 0 Å². The van der Waals surface area contributed by atoms with E-state index in [0.717, 1.165) is 16.9 Å². The number of primary sulfonamides is 1. The fraction of sp³-hybridized carbons (Fsp3) is 0.214. The number of aryl methyl sites for hydroxylation is 2. The molecule has 0 unspecified atom stereocenters. The van der Waals surface area contributed by atoms with Crippen molar-refractivity contribution >= 4 is 33.0 Å². The molecule has 6 nitrogen and oxygen atoms in total. The monoisotopic (exact) mass is 340 g/mol. The molecule has 0 aliphatic rings. The summed E-state index contributed by atoms with van der Waals surface area (Å²) in [6.07, 6.45) is 0. The summed E-state index contributed by atoms with van der Waals surface area (Å²) < 4.78 is 27.9. The van der Waals surface area contributed by atoms with Crippen LogP contribution in [0.2, 0.25) is 0 Å². The number of rotatable bonds is 4. The zero-order valence-corrected chi connectivity index (χ0v) is 14.0. The van der Waals surface area contributed by atoms with E-state index < -0.39 is 15.9 Å². The Balaban J connectivity index is 2.34. The summed E-state index contributed by atoms with van der Waals surface area (Å²) in [5.41, 5.74) is 2.04. The van der Waals surface area contributed by atoms with Gasteiger partial charge in [0.05, 0.1) is 17.7 Å². The van der Waals surface area contributed by atoms with Gasteiger partial charge in [0.1, 0.15) is 9.96 Å². The molecule has 1 amide bonds. The van der Waals surface area contributed by atoms with E-state index in [4.69, 9.17) is 9.88 Å². The lowest BCUT2D eigenvalue weighted by Gasteiger charge is -2.10. The predicted octanol–water partition coefficient (Wildman–Crippen LogP) is 2.27. The highest BCUT2D eigenvalue weighted by Crippen LogP contribution is 2.29. The number of carbonyl (C=O) groups is 1. The maximum absolute atomic E-state index is 12.4. The first-order valence-corrected chi connectivity index (χ1v) is 8.68. The smallest absolute Gasteiger partial charge is 0.266 e. The van der Waals surface area contributed by atoms with Crippen LogP contribution < -0.4 is 15.2 Å². The number of amides is 1. The maximum atomic E-state index is 12.4. The number of hydrogen-bond donors (Lipinski definition) is 2. The normalized spacial score (nSPS) is 11.3. The minimum atomic E-state index is -3.82. The third-order valence-corrected chi connectivity index (χ3v) is 5.64. The summed E-state index contributed by atoms with van der Waals surface area (Å²) in [5.74, 6) is 0.126. The van der Waals surface area contributed by atoms with Crippen LogP contribution in [0.15, 0.2) is 28.5 Å². The molecule has 0 aliphatic heterocycles. The molecule has 118 valence electrons. The fourth-order valence-electron chi connectivity index (χ4n) is 1.92. The van der Waals surface area contributed by atoms with Crippen molar-refractivity contribution in [3.8, 4) is 5.75 Å². The van der Waals surface area contributed by atoms with Crippen molar-refractivity contribution in [2.24, 2.45) is 5.14 Å². The summed E-state index contributed by atoms with van der Waals surface area (Å²) >= 11 is 0.846. The lowest BCUT2D eigenvalue weighted by Crippen LogP contribution is -2.12. The molecule has 3 N–H and O–H groups in total. The van der Waals surface area contributed by atoms with E-state index in [0.29, 0.717) is 21.9 Å². The molecule has 8 heteroatoms. The van der Waals surface area contributed by atoms with Gasteiger partial charge in [-0.1, -0.05) is 6.07 Å². The Bertz CT molecular complexity index is 825. The van der Waals surface area contributed by atoms with Gasteiger partial charge >= 0.3 is 0 Å². The van der Waals surface area contributed by atoms with E-state index in [2.05, 4.69) is 5.32 Å². The Morgan fingerprint density at radius 2 is 1.95 bits per heavy atom. The van der Waals surface area contributed by atoms with Gasteiger partial charge in [-0.05, 0) is 43.2 Å². The van der Waals surface area contributed by atoms with Crippen LogP contribution in [0.25, 0.3) is 0 Å². The molecule has 0 spiro atoms. The molecule has 0 bridgehead atoms. The molecule has 0 saturated carbocycles. The van der Waals surface area contributed by atoms with Gasteiger partial charge in [0, 0.05) is 0 Å². The van der Waals surface area contributed by atoms with Crippen LogP contribution in [0.4, 0.5) is 5.69 Å². The SMILES string of the molecule is COc1ccc(C)cc1NC(=O)c1sc(S(N)(=O)=O)cc1C.